The first-order chi connectivity index (χ1) is 10.2. The molecule has 0 radical (unpaired) electrons. The van der Waals surface area contributed by atoms with E-state index in [9.17, 15) is 4.79 Å². The molecule has 1 N–H and O–H groups in total. The minimum absolute atomic E-state index is 0.0736. The Hall–Kier alpha value is -1.53. The molecule has 2 bridgehead atoms. The number of nitrogens with zero attached hydrogens (tertiary/aromatic N) is 3. The SMILES string of the molecule is C[C@H]1[C@H](NC(=O)c2cc3ncsc3cn2)C2CCN1CC2. The van der Waals surface area contributed by atoms with Crippen molar-refractivity contribution < 1.29 is 4.79 Å². The molecule has 0 aromatic carbocycles. The molecule has 0 unspecified atom stereocenters. The van der Waals surface area contributed by atoms with Gasteiger partial charge in [-0.05, 0) is 44.8 Å². The van der Waals surface area contributed by atoms with Crippen molar-refractivity contribution in [3.63, 3.8) is 0 Å². The molecule has 3 aliphatic heterocycles. The number of hydrogen-bond acceptors (Lipinski definition) is 5. The monoisotopic (exact) mass is 302 g/mol. The second-order valence-corrected chi connectivity index (χ2v) is 6.89. The van der Waals surface area contributed by atoms with E-state index in [2.05, 4.69) is 27.1 Å². The van der Waals surface area contributed by atoms with E-state index in [1.807, 2.05) is 0 Å². The van der Waals surface area contributed by atoms with Gasteiger partial charge in [-0.15, -0.1) is 11.3 Å². The van der Waals surface area contributed by atoms with Crippen LogP contribution in [0, 0.1) is 5.92 Å². The van der Waals surface area contributed by atoms with Crippen molar-refractivity contribution >= 4 is 27.5 Å². The fourth-order valence-corrected chi connectivity index (χ4v) is 4.28. The van der Waals surface area contributed by atoms with Gasteiger partial charge < -0.3 is 5.32 Å². The molecule has 0 spiro atoms. The molecule has 3 aliphatic rings. The molecule has 5 nitrogen and oxygen atoms in total. The topological polar surface area (TPSA) is 58.1 Å². The third-order valence-corrected chi connectivity index (χ3v) is 5.71. The second-order valence-electron chi connectivity index (χ2n) is 6.00. The average molecular weight is 302 g/mol. The summed E-state index contributed by atoms with van der Waals surface area (Å²) in [5.74, 6) is 0.535. The van der Waals surface area contributed by atoms with E-state index in [0.29, 0.717) is 17.7 Å². The Morgan fingerprint density at radius 2 is 2.19 bits per heavy atom. The van der Waals surface area contributed by atoms with Gasteiger partial charge in [0.1, 0.15) is 5.69 Å². The molecule has 1 amide bonds. The molecule has 2 aromatic rings. The maximum atomic E-state index is 12.5. The highest BCUT2D eigenvalue weighted by Gasteiger charge is 2.40. The summed E-state index contributed by atoms with van der Waals surface area (Å²) in [6.07, 6.45) is 4.11. The van der Waals surface area contributed by atoms with Gasteiger partial charge in [0.15, 0.2) is 0 Å². The summed E-state index contributed by atoms with van der Waals surface area (Å²) in [4.78, 5) is 23.5. The van der Waals surface area contributed by atoms with Crippen LogP contribution in [0.15, 0.2) is 17.8 Å². The predicted molar refractivity (Wildman–Crippen MR) is 82.4 cm³/mol. The molecule has 110 valence electrons. The van der Waals surface area contributed by atoms with E-state index in [-0.39, 0.29) is 11.9 Å². The lowest BCUT2D eigenvalue weighted by Gasteiger charge is -2.49. The molecule has 2 aromatic heterocycles. The Morgan fingerprint density at radius 1 is 1.38 bits per heavy atom. The van der Waals surface area contributed by atoms with E-state index in [4.69, 9.17) is 0 Å². The van der Waals surface area contributed by atoms with Gasteiger partial charge in [0.25, 0.3) is 5.91 Å². The Bertz CT molecular complexity index is 675. The number of aromatic nitrogens is 2. The van der Waals surface area contributed by atoms with Crippen LogP contribution in [0.4, 0.5) is 0 Å². The van der Waals surface area contributed by atoms with Crippen LogP contribution in [0.25, 0.3) is 10.2 Å². The number of rotatable bonds is 2. The first kappa shape index (κ1) is 13.2. The number of fused-ring (bicyclic) bond motifs is 4. The highest BCUT2D eigenvalue weighted by atomic mass is 32.1. The van der Waals surface area contributed by atoms with E-state index < -0.39 is 0 Å². The predicted octanol–water partition coefficient (Wildman–Crippen LogP) is 1.90. The van der Waals surface area contributed by atoms with Gasteiger partial charge in [0.05, 0.1) is 15.7 Å². The summed E-state index contributed by atoms with van der Waals surface area (Å²) in [5.41, 5.74) is 3.10. The van der Waals surface area contributed by atoms with Crippen molar-refractivity contribution in [3.05, 3.63) is 23.5 Å². The van der Waals surface area contributed by atoms with Crippen LogP contribution >= 0.6 is 11.3 Å². The molecule has 6 heteroatoms. The lowest BCUT2D eigenvalue weighted by molar-refractivity contribution is 0.0216. The zero-order chi connectivity index (χ0) is 14.4. The van der Waals surface area contributed by atoms with Crippen molar-refractivity contribution in [3.8, 4) is 0 Å². The molecule has 3 saturated heterocycles. The Morgan fingerprint density at radius 3 is 2.95 bits per heavy atom. The van der Waals surface area contributed by atoms with Gasteiger partial charge in [0.2, 0.25) is 0 Å². The largest absolute Gasteiger partial charge is 0.346 e. The van der Waals surface area contributed by atoms with Crippen LogP contribution in [0.2, 0.25) is 0 Å². The molecule has 0 saturated carbocycles. The molecule has 5 heterocycles. The third-order valence-electron chi connectivity index (χ3n) is 4.93. The number of hydrogen-bond donors (Lipinski definition) is 1. The van der Waals surface area contributed by atoms with Gasteiger partial charge >= 0.3 is 0 Å². The van der Waals surface area contributed by atoms with Gasteiger partial charge in [-0.2, -0.15) is 0 Å². The summed E-state index contributed by atoms with van der Waals surface area (Å²) in [6.45, 7) is 4.55. The molecule has 5 rings (SSSR count). The van der Waals surface area contributed by atoms with Crippen molar-refractivity contribution in [1.29, 1.82) is 0 Å². The number of nitrogens with one attached hydrogen (secondary N) is 1. The lowest BCUT2D eigenvalue weighted by Crippen LogP contribution is -2.62. The number of pyridine rings is 1. The summed E-state index contributed by atoms with van der Waals surface area (Å²) in [6, 6.07) is 2.45. The molecular formula is C15H18N4OS. The summed E-state index contributed by atoms with van der Waals surface area (Å²) >= 11 is 1.54. The van der Waals surface area contributed by atoms with Crippen molar-refractivity contribution in [2.24, 2.45) is 5.92 Å². The number of piperidine rings is 3. The average Bonchev–Trinajstić information content (AvgIpc) is 2.98. The molecular weight excluding hydrogens is 284 g/mol. The fraction of sp³-hybridized carbons (Fsp3) is 0.533. The smallest absolute Gasteiger partial charge is 0.270 e. The Kier molecular flexibility index (Phi) is 3.15. The molecule has 0 aliphatic carbocycles. The fourth-order valence-electron chi connectivity index (χ4n) is 3.66. The molecule has 21 heavy (non-hydrogen) atoms. The third kappa shape index (κ3) is 2.22. The van der Waals surface area contributed by atoms with Crippen LogP contribution in [0.1, 0.15) is 30.3 Å². The van der Waals surface area contributed by atoms with Gasteiger partial charge in [-0.3, -0.25) is 9.69 Å². The standard InChI is InChI=1S/C15H18N4OS/c1-9-14(10-2-4-19(9)5-3-10)18-15(20)12-6-11-13(7-16-12)21-8-17-11/h6-10,14H,2-5H2,1H3,(H,18,20)/t9-,14-/m0/s1. The molecule has 3 fully saturated rings. The van der Waals surface area contributed by atoms with Crippen molar-refractivity contribution in [1.82, 2.24) is 20.2 Å². The Labute approximate surface area is 127 Å². The van der Waals surface area contributed by atoms with E-state index >= 15 is 0 Å². The highest BCUT2D eigenvalue weighted by molar-refractivity contribution is 7.16. The first-order valence-corrected chi connectivity index (χ1v) is 8.34. The van der Waals surface area contributed by atoms with Crippen LogP contribution in [0.5, 0.6) is 0 Å². The quantitative estimate of drug-likeness (QED) is 0.920. The van der Waals surface area contributed by atoms with Crippen LogP contribution in [0.3, 0.4) is 0 Å². The number of carbonyl (C=O) groups is 1. The number of amides is 1. The summed E-state index contributed by atoms with van der Waals surface area (Å²) in [7, 11) is 0. The maximum Gasteiger partial charge on any atom is 0.270 e. The first-order valence-electron chi connectivity index (χ1n) is 7.46. The van der Waals surface area contributed by atoms with E-state index in [0.717, 1.165) is 10.2 Å². The minimum atomic E-state index is -0.0736. The van der Waals surface area contributed by atoms with Crippen LogP contribution in [-0.2, 0) is 0 Å². The number of thiazole rings is 1. The maximum absolute atomic E-state index is 12.5. The van der Waals surface area contributed by atoms with Gasteiger partial charge in [0, 0.05) is 18.3 Å². The molecule has 2 atom stereocenters. The summed E-state index contributed by atoms with van der Waals surface area (Å²) in [5, 5.41) is 3.21. The van der Waals surface area contributed by atoms with Crippen LogP contribution < -0.4 is 5.32 Å². The number of carbonyl (C=O) groups excluding carboxylic acids is 1. The zero-order valence-corrected chi connectivity index (χ0v) is 12.8. The van der Waals surface area contributed by atoms with E-state index in [1.165, 1.54) is 25.9 Å². The van der Waals surface area contributed by atoms with Crippen molar-refractivity contribution in [2.45, 2.75) is 31.8 Å². The van der Waals surface area contributed by atoms with Gasteiger partial charge in [-0.25, -0.2) is 9.97 Å². The Balaban J connectivity index is 1.54. The van der Waals surface area contributed by atoms with E-state index in [1.54, 1.807) is 29.1 Å². The minimum Gasteiger partial charge on any atom is -0.346 e. The normalized spacial score (nSPS) is 31.5. The van der Waals surface area contributed by atoms with Crippen molar-refractivity contribution in [2.75, 3.05) is 13.1 Å². The zero-order valence-electron chi connectivity index (χ0n) is 12.0. The lowest BCUT2D eigenvalue weighted by atomic mass is 9.79. The van der Waals surface area contributed by atoms with Crippen LogP contribution in [-0.4, -0.2) is 45.9 Å². The highest BCUT2D eigenvalue weighted by Crippen LogP contribution is 2.32. The second kappa shape index (κ2) is 5.03. The van der Waals surface area contributed by atoms with Gasteiger partial charge in [-0.1, -0.05) is 0 Å². The summed E-state index contributed by atoms with van der Waals surface area (Å²) < 4.78 is 1.02.